The molecule has 3 heteroatoms. The molecular formula is C15H21N3. The normalized spacial score (nSPS) is 12.7. The van der Waals surface area contributed by atoms with E-state index in [1.807, 2.05) is 17.1 Å². The molecular weight excluding hydrogens is 222 g/mol. The molecule has 2 N–H and O–H groups in total. The molecule has 0 amide bonds. The molecule has 0 aliphatic heterocycles. The number of nitrogens with two attached hydrogens (primary N) is 1. The number of rotatable bonds is 4. The molecule has 96 valence electrons. The Kier molecular flexibility index (Phi) is 3.82. The van der Waals surface area contributed by atoms with Gasteiger partial charge in [-0.15, -0.1) is 0 Å². The summed E-state index contributed by atoms with van der Waals surface area (Å²) in [5.74, 6) is 0. The Labute approximate surface area is 109 Å². The van der Waals surface area contributed by atoms with Crippen molar-refractivity contribution in [2.24, 2.45) is 5.73 Å². The van der Waals surface area contributed by atoms with E-state index in [0.29, 0.717) is 0 Å². The van der Waals surface area contributed by atoms with Crippen LogP contribution in [0.4, 0.5) is 0 Å². The van der Waals surface area contributed by atoms with Gasteiger partial charge in [-0.3, -0.25) is 4.68 Å². The number of hydrogen-bond acceptors (Lipinski definition) is 2. The average molecular weight is 243 g/mol. The molecule has 0 bridgehead atoms. The Balaban J connectivity index is 2.10. The van der Waals surface area contributed by atoms with Gasteiger partial charge < -0.3 is 5.73 Å². The summed E-state index contributed by atoms with van der Waals surface area (Å²) in [7, 11) is 0. The zero-order valence-corrected chi connectivity index (χ0v) is 11.4. The van der Waals surface area contributed by atoms with Crippen molar-refractivity contribution in [3.8, 4) is 0 Å². The molecule has 0 fully saturated rings. The molecule has 1 heterocycles. The number of benzene rings is 1. The van der Waals surface area contributed by atoms with Gasteiger partial charge in [0.25, 0.3) is 0 Å². The molecule has 2 aromatic rings. The highest BCUT2D eigenvalue weighted by atomic mass is 15.3. The van der Waals surface area contributed by atoms with Crippen LogP contribution in [0.5, 0.6) is 0 Å². The lowest BCUT2D eigenvalue weighted by atomic mass is 9.99. The molecule has 1 unspecified atom stereocenters. The van der Waals surface area contributed by atoms with Crippen LogP contribution in [0.15, 0.2) is 30.6 Å². The Morgan fingerprint density at radius 2 is 2.06 bits per heavy atom. The molecule has 18 heavy (non-hydrogen) atoms. The van der Waals surface area contributed by atoms with Gasteiger partial charge in [0.2, 0.25) is 0 Å². The maximum Gasteiger partial charge on any atom is 0.0537 e. The molecule has 1 aromatic heterocycles. The highest BCUT2D eigenvalue weighted by Gasteiger charge is 2.09. The Hall–Kier alpha value is -1.61. The molecule has 0 saturated carbocycles. The minimum Gasteiger partial charge on any atom is -0.324 e. The van der Waals surface area contributed by atoms with E-state index in [9.17, 15) is 0 Å². The van der Waals surface area contributed by atoms with E-state index in [1.54, 1.807) is 0 Å². The second-order valence-corrected chi connectivity index (χ2v) is 4.86. The van der Waals surface area contributed by atoms with Crippen LogP contribution >= 0.6 is 0 Å². The zero-order chi connectivity index (χ0) is 13.1. The smallest absolute Gasteiger partial charge is 0.0537 e. The van der Waals surface area contributed by atoms with E-state index in [2.05, 4.69) is 44.1 Å². The molecule has 0 radical (unpaired) electrons. The van der Waals surface area contributed by atoms with Crippen LogP contribution in [-0.2, 0) is 13.0 Å². The Bertz CT molecular complexity index is 528. The predicted molar refractivity (Wildman–Crippen MR) is 74.4 cm³/mol. The molecule has 1 aromatic carbocycles. The Morgan fingerprint density at radius 3 is 2.67 bits per heavy atom. The molecule has 0 aliphatic carbocycles. The molecule has 0 spiro atoms. The summed E-state index contributed by atoms with van der Waals surface area (Å²) in [6, 6.07) is 6.56. The van der Waals surface area contributed by atoms with E-state index in [-0.39, 0.29) is 6.04 Å². The minimum atomic E-state index is 0.0207. The van der Waals surface area contributed by atoms with Crippen LogP contribution in [0.3, 0.4) is 0 Å². The zero-order valence-electron chi connectivity index (χ0n) is 11.4. The molecule has 0 saturated heterocycles. The third-order valence-electron chi connectivity index (χ3n) is 3.43. The molecule has 1 atom stereocenters. The first-order valence-electron chi connectivity index (χ1n) is 6.44. The topological polar surface area (TPSA) is 43.8 Å². The molecule has 2 rings (SSSR count). The summed E-state index contributed by atoms with van der Waals surface area (Å²) >= 11 is 0. The predicted octanol–water partition coefficient (Wildman–Crippen LogP) is 2.76. The number of nitrogens with zero attached hydrogens (tertiary/aromatic N) is 2. The summed E-state index contributed by atoms with van der Waals surface area (Å²) in [5.41, 5.74) is 11.3. The fourth-order valence-corrected chi connectivity index (χ4v) is 2.05. The summed E-state index contributed by atoms with van der Waals surface area (Å²) in [6.45, 7) is 7.23. The fraction of sp³-hybridized carbons (Fsp3) is 0.400. The standard InChI is InChI=1S/C15H21N3/c1-4-18-10-14(9-17-18)15(16)8-13-6-5-11(2)12(3)7-13/h5-7,9-10,15H,4,8,16H2,1-3H3. The minimum absolute atomic E-state index is 0.0207. The van der Waals surface area contributed by atoms with Gasteiger partial charge in [0.1, 0.15) is 0 Å². The van der Waals surface area contributed by atoms with Crippen molar-refractivity contribution in [3.63, 3.8) is 0 Å². The first-order chi connectivity index (χ1) is 8.60. The van der Waals surface area contributed by atoms with E-state index in [4.69, 9.17) is 5.73 Å². The van der Waals surface area contributed by atoms with E-state index in [0.717, 1.165) is 18.5 Å². The quantitative estimate of drug-likeness (QED) is 0.897. The van der Waals surface area contributed by atoms with Crippen LogP contribution < -0.4 is 5.73 Å². The van der Waals surface area contributed by atoms with Gasteiger partial charge in [-0.1, -0.05) is 18.2 Å². The number of hydrogen-bond donors (Lipinski definition) is 1. The lowest BCUT2D eigenvalue weighted by Gasteiger charge is -2.11. The second kappa shape index (κ2) is 5.36. The van der Waals surface area contributed by atoms with Gasteiger partial charge in [0.05, 0.1) is 6.20 Å². The van der Waals surface area contributed by atoms with Gasteiger partial charge in [0, 0.05) is 24.3 Å². The fourth-order valence-electron chi connectivity index (χ4n) is 2.05. The van der Waals surface area contributed by atoms with E-state index >= 15 is 0 Å². The second-order valence-electron chi connectivity index (χ2n) is 4.86. The van der Waals surface area contributed by atoms with Crippen molar-refractivity contribution < 1.29 is 0 Å². The summed E-state index contributed by atoms with van der Waals surface area (Å²) in [5, 5.41) is 4.27. The average Bonchev–Trinajstić information content (AvgIpc) is 2.82. The largest absolute Gasteiger partial charge is 0.324 e. The van der Waals surface area contributed by atoms with Crippen molar-refractivity contribution >= 4 is 0 Å². The maximum absolute atomic E-state index is 6.23. The molecule has 3 nitrogen and oxygen atoms in total. The van der Waals surface area contributed by atoms with Gasteiger partial charge in [0.15, 0.2) is 0 Å². The number of aromatic nitrogens is 2. The van der Waals surface area contributed by atoms with Gasteiger partial charge in [-0.2, -0.15) is 5.10 Å². The van der Waals surface area contributed by atoms with Crippen LogP contribution in [-0.4, -0.2) is 9.78 Å². The SMILES string of the molecule is CCn1cc(C(N)Cc2ccc(C)c(C)c2)cn1. The van der Waals surface area contributed by atoms with Crippen LogP contribution in [0.2, 0.25) is 0 Å². The van der Waals surface area contributed by atoms with E-state index < -0.39 is 0 Å². The van der Waals surface area contributed by atoms with Gasteiger partial charge >= 0.3 is 0 Å². The highest BCUT2D eigenvalue weighted by molar-refractivity contribution is 5.31. The van der Waals surface area contributed by atoms with E-state index in [1.165, 1.54) is 16.7 Å². The van der Waals surface area contributed by atoms with Crippen molar-refractivity contribution in [2.45, 2.75) is 39.8 Å². The molecule has 0 aliphatic rings. The van der Waals surface area contributed by atoms with Crippen molar-refractivity contribution in [1.82, 2.24) is 9.78 Å². The maximum atomic E-state index is 6.23. The summed E-state index contributed by atoms with van der Waals surface area (Å²) < 4.78 is 1.91. The van der Waals surface area contributed by atoms with Gasteiger partial charge in [-0.05, 0) is 43.9 Å². The van der Waals surface area contributed by atoms with Crippen LogP contribution in [0.1, 0.15) is 35.2 Å². The Morgan fingerprint density at radius 1 is 1.28 bits per heavy atom. The number of aryl methyl sites for hydroxylation is 3. The lowest BCUT2D eigenvalue weighted by molar-refractivity contribution is 0.655. The first-order valence-corrected chi connectivity index (χ1v) is 6.44. The highest BCUT2D eigenvalue weighted by Crippen LogP contribution is 2.17. The van der Waals surface area contributed by atoms with Crippen molar-refractivity contribution in [2.75, 3.05) is 0 Å². The third kappa shape index (κ3) is 2.79. The van der Waals surface area contributed by atoms with Crippen molar-refractivity contribution in [3.05, 3.63) is 52.8 Å². The van der Waals surface area contributed by atoms with Crippen LogP contribution in [0, 0.1) is 13.8 Å². The lowest BCUT2D eigenvalue weighted by Crippen LogP contribution is -2.12. The summed E-state index contributed by atoms with van der Waals surface area (Å²) in [4.78, 5) is 0. The monoisotopic (exact) mass is 243 g/mol. The summed E-state index contributed by atoms with van der Waals surface area (Å²) in [6.07, 6.45) is 4.76. The first kappa shape index (κ1) is 12.8. The van der Waals surface area contributed by atoms with Crippen molar-refractivity contribution in [1.29, 1.82) is 0 Å². The van der Waals surface area contributed by atoms with Gasteiger partial charge in [-0.25, -0.2) is 0 Å². The third-order valence-corrected chi connectivity index (χ3v) is 3.43. The van der Waals surface area contributed by atoms with Crippen LogP contribution in [0.25, 0.3) is 0 Å².